The highest BCUT2D eigenvalue weighted by Gasteiger charge is 2.43. The summed E-state index contributed by atoms with van der Waals surface area (Å²) in [5.74, 6) is 0. The fourth-order valence-electron chi connectivity index (χ4n) is 2.11. The van der Waals surface area contributed by atoms with Gasteiger partial charge in [0.2, 0.25) is 0 Å². The van der Waals surface area contributed by atoms with Gasteiger partial charge in [0.15, 0.2) is 6.29 Å². The smallest absolute Gasteiger partial charge is 0.175 e. The molecule has 9 atom stereocenters. The summed E-state index contributed by atoms with van der Waals surface area (Å²) in [7, 11) is 0. The third kappa shape index (κ3) is 5.01. The van der Waals surface area contributed by atoms with Crippen LogP contribution in [0.5, 0.6) is 0 Å². The Morgan fingerprint density at radius 1 is 0.957 bits per heavy atom. The van der Waals surface area contributed by atoms with E-state index in [0.29, 0.717) is 0 Å². The average molecular weight is 343 g/mol. The van der Waals surface area contributed by atoms with E-state index in [0.717, 1.165) is 0 Å². The molecule has 1 heterocycles. The van der Waals surface area contributed by atoms with Crippen molar-refractivity contribution in [3.8, 4) is 0 Å². The van der Waals surface area contributed by atoms with Crippen LogP contribution in [0.4, 0.5) is 0 Å². The van der Waals surface area contributed by atoms with E-state index in [-0.39, 0.29) is 0 Å². The number of ether oxygens (including phenoxy) is 2. The van der Waals surface area contributed by atoms with Crippen molar-refractivity contribution in [2.45, 2.75) is 55.1 Å². The molecule has 1 aliphatic rings. The Labute approximate surface area is 132 Å². The van der Waals surface area contributed by atoms with Gasteiger partial charge in [-0.2, -0.15) is 0 Å². The van der Waals surface area contributed by atoms with Crippen molar-refractivity contribution in [2.24, 2.45) is 5.73 Å². The zero-order valence-electron chi connectivity index (χ0n) is 12.3. The Kier molecular flexibility index (Phi) is 8.20. The van der Waals surface area contributed by atoms with E-state index in [9.17, 15) is 30.6 Å². The zero-order valence-corrected chi connectivity index (χ0v) is 12.3. The molecule has 0 aromatic carbocycles. The molecule has 23 heavy (non-hydrogen) atoms. The van der Waals surface area contributed by atoms with Crippen molar-refractivity contribution >= 4 is 0 Å². The minimum absolute atomic E-state index is 0.588. The van der Waals surface area contributed by atoms with Gasteiger partial charge in [-0.15, -0.1) is 0 Å². The van der Waals surface area contributed by atoms with Gasteiger partial charge in [-0.1, -0.05) is 0 Å². The zero-order chi connectivity index (χ0) is 17.7. The minimum atomic E-state index is -1.82. The van der Waals surface area contributed by atoms with Crippen LogP contribution in [0.2, 0.25) is 0 Å². The van der Waals surface area contributed by atoms with Crippen molar-refractivity contribution in [3.05, 3.63) is 0 Å². The van der Waals surface area contributed by atoms with E-state index in [2.05, 4.69) is 0 Å². The molecule has 0 aromatic heterocycles. The summed E-state index contributed by atoms with van der Waals surface area (Å²) in [6.07, 6.45) is -12.2. The fourth-order valence-corrected chi connectivity index (χ4v) is 2.11. The molecule has 11 heteroatoms. The number of aliphatic hydroxyl groups excluding tert-OH is 8. The molecule has 0 aliphatic carbocycles. The number of hydrogen-bond acceptors (Lipinski definition) is 11. The van der Waals surface area contributed by atoms with Gasteiger partial charge in [0.25, 0.3) is 0 Å². The van der Waals surface area contributed by atoms with Crippen LogP contribution in [0.3, 0.4) is 0 Å². The Bertz CT molecular complexity index is 346. The molecule has 0 radical (unpaired) electrons. The van der Waals surface area contributed by atoms with Crippen molar-refractivity contribution in [3.63, 3.8) is 0 Å². The summed E-state index contributed by atoms with van der Waals surface area (Å²) in [4.78, 5) is 0. The van der Waals surface area contributed by atoms with Crippen LogP contribution >= 0.6 is 0 Å². The molecular formula is C12H25NO10. The number of hydrogen-bond donors (Lipinski definition) is 9. The van der Waals surface area contributed by atoms with E-state index >= 15 is 0 Å². The van der Waals surface area contributed by atoms with Crippen molar-refractivity contribution < 1.29 is 50.3 Å². The summed E-state index contributed by atoms with van der Waals surface area (Å²) < 4.78 is 10.2. The van der Waals surface area contributed by atoms with Crippen molar-refractivity contribution in [2.75, 3.05) is 19.8 Å². The first-order chi connectivity index (χ1) is 10.7. The molecule has 0 bridgehead atoms. The van der Waals surface area contributed by atoms with Gasteiger partial charge in [0.05, 0.1) is 25.9 Å². The number of aliphatic hydroxyl groups is 8. The van der Waals surface area contributed by atoms with Crippen molar-refractivity contribution in [1.82, 2.24) is 0 Å². The number of nitrogens with two attached hydrogens (primary N) is 1. The molecule has 0 aromatic rings. The second kappa shape index (κ2) is 9.15. The van der Waals surface area contributed by atoms with Gasteiger partial charge < -0.3 is 56.1 Å². The molecule has 1 fully saturated rings. The van der Waals surface area contributed by atoms with E-state index in [1.807, 2.05) is 0 Å². The van der Waals surface area contributed by atoms with Gasteiger partial charge in [0.1, 0.15) is 42.7 Å². The summed E-state index contributed by atoms with van der Waals surface area (Å²) in [6, 6.07) is -1.18. The molecule has 1 aliphatic heterocycles. The lowest BCUT2D eigenvalue weighted by atomic mass is 9.98. The average Bonchev–Trinajstić information content (AvgIpc) is 2.56. The maximum atomic E-state index is 9.73. The minimum Gasteiger partial charge on any atom is -0.394 e. The van der Waals surface area contributed by atoms with Crippen LogP contribution in [0.25, 0.3) is 0 Å². The summed E-state index contributed by atoms with van der Waals surface area (Å²) in [5.41, 5.74) is 5.61. The van der Waals surface area contributed by atoms with Gasteiger partial charge in [-0.25, -0.2) is 0 Å². The van der Waals surface area contributed by atoms with Gasteiger partial charge in [-0.3, -0.25) is 0 Å². The van der Waals surface area contributed by atoms with E-state index in [1.54, 1.807) is 0 Å². The molecule has 1 saturated heterocycles. The normalized spacial score (nSPS) is 37.2. The molecule has 11 nitrogen and oxygen atoms in total. The van der Waals surface area contributed by atoms with Crippen LogP contribution in [0.15, 0.2) is 0 Å². The highest BCUT2D eigenvalue weighted by Crippen LogP contribution is 2.21. The Morgan fingerprint density at radius 2 is 1.52 bits per heavy atom. The first-order valence-corrected chi connectivity index (χ1v) is 7.07. The summed E-state index contributed by atoms with van der Waals surface area (Å²) in [5, 5.41) is 75.0. The fraction of sp³-hybridized carbons (Fsp3) is 1.00. The Balaban J connectivity index is 2.55. The molecular weight excluding hydrogens is 318 g/mol. The van der Waals surface area contributed by atoms with Crippen LogP contribution in [0.1, 0.15) is 0 Å². The quantitative estimate of drug-likeness (QED) is 0.203. The van der Waals surface area contributed by atoms with Crippen molar-refractivity contribution in [1.29, 1.82) is 0 Å². The largest absolute Gasteiger partial charge is 0.394 e. The highest BCUT2D eigenvalue weighted by atomic mass is 16.7. The SMILES string of the molecule is N[C@H]1[C@@H](OC[C@@H](O)[C@@H](O)[C@H](O)[C@H](O)CO)O[C@H](CO)[C@@H](O)[C@@H]1O. The summed E-state index contributed by atoms with van der Waals surface area (Å²) >= 11 is 0. The number of rotatable bonds is 8. The van der Waals surface area contributed by atoms with Gasteiger partial charge >= 0.3 is 0 Å². The lowest BCUT2D eigenvalue weighted by Crippen LogP contribution is -2.63. The maximum absolute atomic E-state index is 9.73. The third-order valence-electron chi connectivity index (χ3n) is 3.68. The molecule has 0 spiro atoms. The monoisotopic (exact) mass is 343 g/mol. The molecule has 0 saturated carbocycles. The maximum Gasteiger partial charge on any atom is 0.175 e. The summed E-state index contributed by atoms with van der Waals surface area (Å²) in [6.45, 7) is -2.00. The van der Waals surface area contributed by atoms with E-state index in [1.165, 1.54) is 0 Å². The van der Waals surface area contributed by atoms with Crippen LogP contribution < -0.4 is 5.73 Å². The second-order valence-corrected chi connectivity index (χ2v) is 5.42. The predicted molar refractivity (Wildman–Crippen MR) is 72.8 cm³/mol. The van der Waals surface area contributed by atoms with Crippen LogP contribution in [-0.2, 0) is 9.47 Å². The topological polar surface area (TPSA) is 206 Å². The van der Waals surface area contributed by atoms with E-state index < -0.39 is 74.9 Å². The first kappa shape index (κ1) is 20.6. The second-order valence-electron chi connectivity index (χ2n) is 5.42. The third-order valence-corrected chi connectivity index (χ3v) is 3.68. The van der Waals surface area contributed by atoms with Gasteiger partial charge in [0, 0.05) is 0 Å². The lowest BCUT2D eigenvalue weighted by Gasteiger charge is -2.40. The van der Waals surface area contributed by atoms with Crippen LogP contribution in [-0.4, -0.2) is 116 Å². The van der Waals surface area contributed by atoms with Crippen LogP contribution in [0, 0.1) is 0 Å². The predicted octanol–water partition coefficient (Wildman–Crippen LogP) is -5.79. The standard InChI is InChI=1S/C12H25NO10/c13-7-11(21)10(20)6(2-15)23-12(7)22-3-5(17)9(19)8(18)4(16)1-14/h4-12,14-21H,1-3,13H2/t4-,5-,6-,7-,8-,9-,10-,11-,12+/m1/s1. The highest BCUT2D eigenvalue weighted by molar-refractivity contribution is 4.91. The molecule has 1 rings (SSSR count). The molecule has 10 N–H and O–H groups in total. The first-order valence-electron chi connectivity index (χ1n) is 7.07. The molecule has 138 valence electrons. The lowest BCUT2D eigenvalue weighted by molar-refractivity contribution is -0.273. The van der Waals surface area contributed by atoms with E-state index in [4.69, 9.17) is 25.4 Å². The van der Waals surface area contributed by atoms with Gasteiger partial charge in [-0.05, 0) is 0 Å². The Hall–Kier alpha value is -0.440. The molecule has 0 unspecified atom stereocenters. The molecule has 0 amide bonds. The Morgan fingerprint density at radius 3 is 2.04 bits per heavy atom.